The number of benzene rings is 1. The van der Waals surface area contributed by atoms with Gasteiger partial charge in [0.25, 0.3) is 11.1 Å². The van der Waals surface area contributed by atoms with E-state index in [0.717, 1.165) is 25.7 Å². The summed E-state index contributed by atoms with van der Waals surface area (Å²) >= 11 is 0. The SMILES string of the molecule is C/C(=C\C(C)C)[C@H](C)[C@@H]1CC[C@@H]2/C(=C/[C@@H]3[C@@H]4C[C@H](O[Si](C)(C)C(C)(C)C)CC[C@H]4n4c(=O)c5ccccc5c(=O)n43)CCC[C@@]21C. The molecule has 3 fully saturated rings. The second-order valence-corrected chi connectivity index (χ2v) is 22.4. The lowest BCUT2D eigenvalue weighted by Crippen LogP contribution is -2.46. The van der Waals surface area contributed by atoms with Gasteiger partial charge in [-0.3, -0.25) is 9.59 Å². The first-order valence-electron chi connectivity index (χ1n) is 18.4. The van der Waals surface area contributed by atoms with Gasteiger partial charge in [0.1, 0.15) is 0 Å². The van der Waals surface area contributed by atoms with Crippen molar-refractivity contribution in [2.75, 3.05) is 0 Å². The van der Waals surface area contributed by atoms with Crippen molar-refractivity contribution in [3.63, 3.8) is 0 Å². The number of hydrogen-bond donors (Lipinski definition) is 0. The van der Waals surface area contributed by atoms with Crippen molar-refractivity contribution in [2.24, 2.45) is 35.0 Å². The summed E-state index contributed by atoms with van der Waals surface area (Å²) in [4.78, 5) is 28.5. The lowest BCUT2D eigenvalue weighted by molar-refractivity contribution is 0.0850. The van der Waals surface area contributed by atoms with Gasteiger partial charge >= 0.3 is 0 Å². The Balaban J connectivity index is 1.42. The van der Waals surface area contributed by atoms with Crippen LogP contribution in [0.25, 0.3) is 10.8 Å². The van der Waals surface area contributed by atoms with E-state index in [-0.39, 0.29) is 45.7 Å². The highest BCUT2D eigenvalue weighted by molar-refractivity contribution is 6.74. The van der Waals surface area contributed by atoms with Crippen LogP contribution in [0.5, 0.6) is 0 Å². The summed E-state index contributed by atoms with van der Waals surface area (Å²) in [7, 11) is -1.96. The van der Waals surface area contributed by atoms with Crippen LogP contribution in [0.2, 0.25) is 18.1 Å². The van der Waals surface area contributed by atoms with Gasteiger partial charge in [-0.05, 0) is 118 Å². The topological polar surface area (TPSA) is 53.2 Å². The summed E-state index contributed by atoms with van der Waals surface area (Å²) in [5.41, 5.74) is 3.33. The maximum Gasteiger partial charge on any atom is 0.273 e. The van der Waals surface area contributed by atoms with Gasteiger partial charge in [-0.15, -0.1) is 0 Å². The Hall–Kier alpha value is -2.18. The van der Waals surface area contributed by atoms with Gasteiger partial charge in [0, 0.05) is 12.0 Å². The first-order valence-corrected chi connectivity index (χ1v) is 21.3. The highest BCUT2D eigenvalue weighted by Gasteiger charge is 2.53. The third kappa shape index (κ3) is 5.57. The van der Waals surface area contributed by atoms with Gasteiger partial charge < -0.3 is 4.43 Å². The molecule has 0 saturated heterocycles. The zero-order valence-electron chi connectivity index (χ0n) is 30.4. The van der Waals surface area contributed by atoms with Crippen molar-refractivity contribution >= 4 is 19.1 Å². The number of nitrogens with zero attached hydrogens (tertiary/aromatic N) is 2. The molecular weight excluding hydrogens is 585 g/mol. The van der Waals surface area contributed by atoms with Gasteiger partial charge in [0.05, 0.1) is 22.9 Å². The summed E-state index contributed by atoms with van der Waals surface area (Å²) in [6.45, 7) is 23.6. The molecule has 5 nitrogen and oxygen atoms in total. The second kappa shape index (κ2) is 12.1. The molecule has 0 bridgehead atoms. The zero-order valence-corrected chi connectivity index (χ0v) is 31.4. The third-order valence-electron chi connectivity index (χ3n) is 13.5. The van der Waals surface area contributed by atoms with E-state index in [0.29, 0.717) is 34.4 Å². The van der Waals surface area contributed by atoms with Crippen LogP contribution in [0, 0.1) is 35.0 Å². The van der Waals surface area contributed by atoms with Crippen LogP contribution < -0.4 is 11.1 Å². The van der Waals surface area contributed by atoms with E-state index in [2.05, 4.69) is 80.6 Å². The van der Waals surface area contributed by atoms with Crippen LogP contribution in [-0.2, 0) is 4.43 Å². The summed E-state index contributed by atoms with van der Waals surface area (Å²) in [6, 6.07) is 7.37. The fourth-order valence-corrected chi connectivity index (χ4v) is 11.5. The Kier molecular flexibility index (Phi) is 8.83. The number of hydrogen-bond acceptors (Lipinski definition) is 3. The molecule has 3 aliphatic carbocycles. The predicted octanol–water partition coefficient (Wildman–Crippen LogP) is 9.83. The van der Waals surface area contributed by atoms with E-state index in [9.17, 15) is 9.59 Å². The van der Waals surface area contributed by atoms with Gasteiger partial charge in [-0.1, -0.05) is 83.9 Å². The quantitative estimate of drug-likeness (QED) is 0.232. The molecule has 4 aliphatic rings. The van der Waals surface area contributed by atoms with Crippen molar-refractivity contribution in [2.45, 2.75) is 143 Å². The van der Waals surface area contributed by atoms with Crippen molar-refractivity contribution in [3.8, 4) is 0 Å². The molecule has 1 aliphatic heterocycles. The van der Waals surface area contributed by atoms with E-state index < -0.39 is 8.32 Å². The maximum absolute atomic E-state index is 14.3. The van der Waals surface area contributed by atoms with E-state index in [1.807, 2.05) is 33.6 Å². The fraction of sp³-hybridized carbons (Fsp3) is 0.700. The maximum atomic E-state index is 14.3. The minimum atomic E-state index is -1.96. The molecular formula is C40H60N2O3Si. The first-order chi connectivity index (χ1) is 21.5. The van der Waals surface area contributed by atoms with E-state index in [1.54, 1.807) is 11.1 Å². The van der Waals surface area contributed by atoms with Crippen LogP contribution in [0.1, 0.15) is 119 Å². The summed E-state index contributed by atoms with van der Waals surface area (Å²) < 4.78 is 10.8. The Bertz CT molecular complexity index is 1650. The fourth-order valence-electron chi connectivity index (χ4n) is 10.1. The molecule has 46 heavy (non-hydrogen) atoms. The normalized spacial score (nSPS) is 33.4. The number of aromatic nitrogens is 2. The molecule has 252 valence electrons. The predicted molar refractivity (Wildman–Crippen MR) is 194 cm³/mol. The van der Waals surface area contributed by atoms with Gasteiger partial charge in [0.15, 0.2) is 8.32 Å². The molecule has 0 spiro atoms. The van der Waals surface area contributed by atoms with Crippen LogP contribution in [0.15, 0.2) is 57.2 Å². The van der Waals surface area contributed by atoms with Crippen LogP contribution in [0.4, 0.5) is 0 Å². The summed E-state index contributed by atoms with van der Waals surface area (Å²) in [5.74, 6) is 2.54. The second-order valence-electron chi connectivity index (χ2n) is 17.7. The Labute approximate surface area is 278 Å². The third-order valence-corrected chi connectivity index (χ3v) is 18.0. The Morgan fingerprint density at radius 3 is 2.28 bits per heavy atom. The molecule has 2 aromatic rings. The lowest BCUT2D eigenvalue weighted by Gasteiger charge is -2.45. The van der Waals surface area contributed by atoms with E-state index >= 15 is 0 Å². The molecule has 2 heterocycles. The van der Waals surface area contributed by atoms with Crippen molar-refractivity contribution in [1.82, 2.24) is 9.36 Å². The molecule has 3 saturated carbocycles. The molecule has 0 amide bonds. The molecule has 1 aromatic carbocycles. The number of rotatable bonds is 6. The van der Waals surface area contributed by atoms with Gasteiger partial charge in [0.2, 0.25) is 0 Å². The average molecular weight is 645 g/mol. The summed E-state index contributed by atoms with van der Waals surface area (Å²) in [5, 5.41) is 1.25. The molecule has 0 unspecified atom stereocenters. The smallest absolute Gasteiger partial charge is 0.273 e. The zero-order chi connectivity index (χ0) is 33.3. The minimum Gasteiger partial charge on any atom is -0.414 e. The highest BCUT2D eigenvalue weighted by Crippen LogP contribution is 2.61. The first kappa shape index (κ1) is 33.7. The lowest BCUT2D eigenvalue weighted by atomic mass is 9.60. The largest absolute Gasteiger partial charge is 0.414 e. The molecule has 6 rings (SSSR count). The highest BCUT2D eigenvalue weighted by atomic mass is 28.4. The number of fused-ring (bicyclic) bond motifs is 5. The number of allylic oxidation sites excluding steroid dienone is 4. The van der Waals surface area contributed by atoms with Crippen LogP contribution in [-0.4, -0.2) is 23.8 Å². The Morgan fingerprint density at radius 1 is 1.00 bits per heavy atom. The van der Waals surface area contributed by atoms with Crippen LogP contribution in [0.3, 0.4) is 0 Å². The van der Waals surface area contributed by atoms with Gasteiger partial charge in [-0.2, -0.15) is 0 Å². The molecule has 1 aromatic heterocycles. The molecule has 8 atom stereocenters. The van der Waals surface area contributed by atoms with Crippen LogP contribution >= 0.6 is 0 Å². The minimum absolute atomic E-state index is 0.00878. The van der Waals surface area contributed by atoms with E-state index in [4.69, 9.17) is 4.43 Å². The molecule has 0 radical (unpaired) electrons. The van der Waals surface area contributed by atoms with Crippen molar-refractivity contribution < 1.29 is 4.43 Å². The summed E-state index contributed by atoms with van der Waals surface area (Å²) in [6.07, 6.45) is 13.9. The average Bonchev–Trinajstić information content (AvgIpc) is 3.49. The van der Waals surface area contributed by atoms with E-state index in [1.165, 1.54) is 25.7 Å². The molecule has 6 heteroatoms. The Morgan fingerprint density at radius 2 is 1.65 bits per heavy atom. The molecule has 0 N–H and O–H groups in total. The van der Waals surface area contributed by atoms with Gasteiger partial charge in [-0.25, -0.2) is 9.36 Å². The van der Waals surface area contributed by atoms with Crippen molar-refractivity contribution in [1.29, 1.82) is 0 Å². The standard InChI is InChI=1S/C40H60N2O3Si/c1-25(2)22-26(3)27(4)33-18-19-34-28(14-13-21-40(33,34)8)23-36-32-24-29(45-46(9,10)39(5,6)7)17-20-35(32)41-37(43)30-15-11-12-16-31(30)38(44)42(36)41/h11-12,15-16,22-23,25,27,29,32-36H,13-14,17-21,24H2,1-10H3/b26-22+,28-23+/t27-,29+,32+,33-,34+,35+,36+,40+/m0/s1. The van der Waals surface area contributed by atoms with Crippen molar-refractivity contribution in [3.05, 3.63) is 68.3 Å². The monoisotopic (exact) mass is 644 g/mol.